The number of hydrogen-bond donors (Lipinski definition) is 3. The van der Waals surface area contributed by atoms with Crippen LogP contribution < -0.4 is 0 Å². The van der Waals surface area contributed by atoms with Crippen LogP contribution in [0.3, 0.4) is 0 Å². The Labute approximate surface area is 164 Å². The smallest absolute Gasteiger partial charge is 0.324 e. The van der Waals surface area contributed by atoms with Crippen molar-refractivity contribution < 1.29 is 27.3 Å². The topological polar surface area (TPSA) is 112 Å². The molecule has 0 aromatic carbocycles. The van der Waals surface area contributed by atoms with E-state index < -0.39 is 29.1 Å². The van der Waals surface area contributed by atoms with Crippen LogP contribution in [-0.4, -0.2) is 34.2 Å². The van der Waals surface area contributed by atoms with Gasteiger partial charge in [0.15, 0.2) is 0 Å². The Morgan fingerprint density at radius 3 is 1.85 bits per heavy atom. The lowest BCUT2D eigenvalue weighted by Crippen LogP contribution is -2.20. The van der Waals surface area contributed by atoms with Crippen molar-refractivity contribution in [3.8, 4) is 0 Å². The Morgan fingerprint density at radius 1 is 0.926 bits per heavy atom. The molecular formula is C19H35O6PS. The zero-order valence-electron chi connectivity index (χ0n) is 16.9. The number of allylic oxidation sites excluding steroid dienone is 6. The van der Waals surface area contributed by atoms with Crippen LogP contribution in [0.25, 0.3) is 0 Å². The fraction of sp³-hybridized carbons (Fsp3) is 0.684. The minimum absolute atomic E-state index is 0.0528. The summed E-state index contributed by atoms with van der Waals surface area (Å²) in [4.78, 5) is 18.4. The second-order valence-electron chi connectivity index (χ2n) is 7.38. The highest BCUT2D eigenvalue weighted by Gasteiger charge is 2.32. The van der Waals surface area contributed by atoms with Crippen molar-refractivity contribution in [1.82, 2.24) is 0 Å². The third-order valence-corrected chi connectivity index (χ3v) is 6.70. The van der Waals surface area contributed by atoms with Crippen LogP contribution in [0.1, 0.15) is 72.6 Å². The first-order valence-electron chi connectivity index (χ1n) is 9.26. The van der Waals surface area contributed by atoms with Crippen molar-refractivity contribution in [2.45, 2.75) is 78.3 Å². The molecule has 1 unspecified atom stereocenters. The molecule has 0 aromatic heterocycles. The van der Waals surface area contributed by atoms with Crippen LogP contribution >= 0.6 is 7.60 Å². The van der Waals surface area contributed by atoms with E-state index in [0.29, 0.717) is 12.8 Å². The van der Waals surface area contributed by atoms with Gasteiger partial charge in [-0.25, -0.2) is 0 Å². The summed E-state index contributed by atoms with van der Waals surface area (Å²) in [6.07, 6.45) is 11.6. The van der Waals surface area contributed by atoms with Crippen molar-refractivity contribution in [3.05, 3.63) is 34.9 Å². The molecule has 0 aliphatic heterocycles. The van der Waals surface area contributed by atoms with Gasteiger partial charge in [0.05, 0.1) is 11.4 Å². The molecule has 0 aliphatic carbocycles. The molecule has 0 spiro atoms. The lowest BCUT2D eigenvalue weighted by Gasteiger charge is -2.16. The molecule has 0 aliphatic rings. The summed E-state index contributed by atoms with van der Waals surface area (Å²) in [6.45, 7) is 8.34. The summed E-state index contributed by atoms with van der Waals surface area (Å²) in [5.74, 6) is -0.906. The molecule has 0 saturated heterocycles. The average Bonchev–Trinajstić information content (AvgIpc) is 2.47. The minimum Gasteiger partial charge on any atom is -0.324 e. The van der Waals surface area contributed by atoms with E-state index in [1.165, 1.54) is 16.7 Å². The molecular weight excluding hydrogens is 387 g/mol. The number of unbranched alkanes of at least 4 members (excludes halogenated alkanes) is 1. The molecule has 8 heteroatoms. The van der Waals surface area contributed by atoms with Crippen molar-refractivity contribution in [2.24, 2.45) is 0 Å². The van der Waals surface area contributed by atoms with E-state index in [2.05, 4.69) is 32.9 Å². The standard InChI is InChI=1S/C19H35O6PS/c1-16(2)9-7-11-18(4)13-8-12-17(3)10-5-6-14-19(26(20,21)22)15-27(23,24)25/h9-10,13,19H,5-8,11-12,14-15H2,1-4H3,(H2,20,21,22)(H,23,24,25)/b17-10+,18-13+. The lowest BCUT2D eigenvalue weighted by molar-refractivity contribution is 0.355. The molecule has 0 amide bonds. The Balaban J connectivity index is 4.31. The molecule has 27 heavy (non-hydrogen) atoms. The van der Waals surface area contributed by atoms with E-state index in [4.69, 9.17) is 4.55 Å². The Morgan fingerprint density at radius 2 is 1.41 bits per heavy atom. The zero-order valence-corrected chi connectivity index (χ0v) is 18.6. The molecule has 3 N–H and O–H groups in total. The van der Waals surface area contributed by atoms with Crippen molar-refractivity contribution in [3.63, 3.8) is 0 Å². The van der Waals surface area contributed by atoms with Crippen molar-refractivity contribution >= 4 is 17.7 Å². The van der Waals surface area contributed by atoms with Gasteiger partial charge >= 0.3 is 7.60 Å². The maximum atomic E-state index is 11.3. The first-order chi connectivity index (χ1) is 12.3. The summed E-state index contributed by atoms with van der Waals surface area (Å²) in [7, 11) is -8.96. The van der Waals surface area contributed by atoms with Gasteiger partial charge in [0, 0.05) is 0 Å². The SMILES string of the molecule is CC(C)=CCC/C(C)=C/CC/C(C)=C/CCCC(CS(=O)(=O)O)P(=O)(O)O. The summed E-state index contributed by atoms with van der Waals surface area (Å²) in [5, 5.41) is 0. The monoisotopic (exact) mass is 422 g/mol. The fourth-order valence-electron chi connectivity index (χ4n) is 2.63. The van der Waals surface area contributed by atoms with Gasteiger partial charge in [0.1, 0.15) is 0 Å². The summed E-state index contributed by atoms with van der Waals surface area (Å²) < 4.78 is 42.0. The van der Waals surface area contributed by atoms with Crippen LogP contribution in [0.4, 0.5) is 0 Å². The Hall–Kier alpha value is -0.720. The molecule has 1 atom stereocenters. The van der Waals surface area contributed by atoms with E-state index >= 15 is 0 Å². The molecule has 0 bridgehead atoms. The minimum atomic E-state index is -4.55. The molecule has 6 nitrogen and oxygen atoms in total. The summed E-state index contributed by atoms with van der Waals surface area (Å²) in [6, 6.07) is 0. The molecule has 0 rings (SSSR count). The molecule has 0 aromatic rings. The van der Waals surface area contributed by atoms with Gasteiger partial charge in [-0.1, -0.05) is 34.9 Å². The van der Waals surface area contributed by atoms with E-state index in [-0.39, 0.29) is 6.42 Å². The average molecular weight is 423 g/mol. The fourth-order valence-corrected chi connectivity index (χ4v) is 5.15. The second kappa shape index (κ2) is 12.7. The van der Waals surface area contributed by atoms with E-state index in [9.17, 15) is 22.8 Å². The van der Waals surface area contributed by atoms with Crippen LogP contribution in [0, 0.1) is 0 Å². The van der Waals surface area contributed by atoms with Crippen LogP contribution in [0.15, 0.2) is 34.9 Å². The highest BCUT2D eigenvalue weighted by molar-refractivity contribution is 7.86. The third kappa shape index (κ3) is 16.0. The highest BCUT2D eigenvalue weighted by Crippen LogP contribution is 2.44. The van der Waals surface area contributed by atoms with Gasteiger partial charge in [-0.05, 0) is 72.6 Å². The molecule has 0 radical (unpaired) electrons. The van der Waals surface area contributed by atoms with Gasteiger partial charge in [-0.3, -0.25) is 9.12 Å². The zero-order chi connectivity index (χ0) is 21.1. The Bertz CT molecular complexity index is 681. The highest BCUT2D eigenvalue weighted by atomic mass is 32.2. The van der Waals surface area contributed by atoms with Crippen LogP contribution in [0.5, 0.6) is 0 Å². The lowest BCUT2D eigenvalue weighted by atomic mass is 10.1. The van der Waals surface area contributed by atoms with E-state index in [1.807, 2.05) is 13.0 Å². The van der Waals surface area contributed by atoms with Gasteiger partial charge in [0.2, 0.25) is 0 Å². The van der Waals surface area contributed by atoms with Gasteiger partial charge in [-0.15, -0.1) is 0 Å². The Kier molecular flexibility index (Phi) is 12.3. The van der Waals surface area contributed by atoms with Gasteiger partial charge in [-0.2, -0.15) is 8.42 Å². The van der Waals surface area contributed by atoms with Gasteiger partial charge < -0.3 is 9.79 Å². The molecule has 158 valence electrons. The van der Waals surface area contributed by atoms with Crippen molar-refractivity contribution in [1.29, 1.82) is 0 Å². The molecule has 0 heterocycles. The quantitative estimate of drug-likeness (QED) is 0.166. The number of hydrogen-bond acceptors (Lipinski definition) is 3. The first-order valence-corrected chi connectivity index (χ1v) is 12.6. The molecule has 0 saturated carbocycles. The summed E-state index contributed by atoms with van der Waals surface area (Å²) in [5.41, 5.74) is 2.55. The maximum absolute atomic E-state index is 11.3. The van der Waals surface area contributed by atoms with Crippen LogP contribution in [0.2, 0.25) is 0 Å². The van der Waals surface area contributed by atoms with Crippen molar-refractivity contribution in [2.75, 3.05) is 5.75 Å². The van der Waals surface area contributed by atoms with E-state index in [1.54, 1.807) is 0 Å². The molecule has 0 fully saturated rings. The normalized spacial score (nSPS) is 14.9. The first kappa shape index (κ1) is 26.3. The van der Waals surface area contributed by atoms with Crippen LogP contribution in [-0.2, 0) is 14.7 Å². The largest absolute Gasteiger partial charge is 0.329 e. The number of rotatable bonds is 13. The summed E-state index contributed by atoms with van der Waals surface area (Å²) >= 11 is 0. The predicted molar refractivity (Wildman–Crippen MR) is 112 cm³/mol. The second-order valence-corrected chi connectivity index (χ2v) is 10.8. The third-order valence-electron chi connectivity index (χ3n) is 4.24. The maximum Gasteiger partial charge on any atom is 0.329 e. The van der Waals surface area contributed by atoms with E-state index in [0.717, 1.165) is 25.7 Å². The van der Waals surface area contributed by atoms with Gasteiger partial charge in [0.25, 0.3) is 10.1 Å². The predicted octanol–water partition coefficient (Wildman–Crippen LogP) is 5.01.